The van der Waals surface area contributed by atoms with Crippen LogP contribution in [0.4, 0.5) is 5.69 Å². The van der Waals surface area contributed by atoms with Gasteiger partial charge < -0.3 is 5.32 Å². The number of nitrogens with one attached hydrogen (secondary N) is 1. The Balaban J connectivity index is 2.20. The van der Waals surface area contributed by atoms with E-state index in [0.29, 0.717) is 5.92 Å². The molecule has 1 N–H and O–H groups in total. The van der Waals surface area contributed by atoms with Crippen molar-refractivity contribution in [3.8, 4) is 0 Å². The Bertz CT molecular complexity index is 548. The molecule has 0 aromatic heterocycles. The second-order valence-electron chi connectivity index (χ2n) is 5.59. The molecule has 1 fully saturated rings. The van der Waals surface area contributed by atoms with Crippen LogP contribution >= 0.6 is 11.6 Å². The van der Waals surface area contributed by atoms with Crippen LogP contribution in [0.5, 0.6) is 0 Å². The van der Waals surface area contributed by atoms with E-state index in [2.05, 4.69) is 12.2 Å². The van der Waals surface area contributed by atoms with Gasteiger partial charge >= 0.3 is 5.69 Å². The monoisotopic (exact) mass is 310 g/mol. The smallest absolute Gasteiger partial charge is 0.300 e. The normalized spacial score (nSPS) is 22.4. The number of hydrogen-bond acceptors (Lipinski definition) is 3. The summed E-state index contributed by atoms with van der Waals surface area (Å²) in [4.78, 5) is 22.9. The highest BCUT2D eigenvalue weighted by Crippen LogP contribution is 2.29. The van der Waals surface area contributed by atoms with E-state index in [-0.39, 0.29) is 22.3 Å². The third-order valence-electron chi connectivity index (χ3n) is 4.09. The minimum absolute atomic E-state index is 0.0124. The largest absolute Gasteiger partial charge is 0.349 e. The summed E-state index contributed by atoms with van der Waals surface area (Å²) in [6, 6.07) is 4.49. The fourth-order valence-corrected chi connectivity index (χ4v) is 3.08. The Morgan fingerprint density at radius 2 is 2.05 bits per heavy atom. The number of nitrogens with zero attached hydrogens (tertiary/aromatic N) is 1. The van der Waals surface area contributed by atoms with Gasteiger partial charge in [-0.15, -0.1) is 0 Å². The standard InChI is InChI=1S/C15H19ClN2O3/c1-10-6-3-2-4-9-13(10)17-15(19)11-7-5-8-12(16)14(11)18(20)21/h5,7-8,10,13H,2-4,6,9H2,1H3,(H,17,19). The number of halogens is 1. The predicted molar refractivity (Wildman–Crippen MR) is 81.6 cm³/mol. The van der Waals surface area contributed by atoms with Crippen molar-refractivity contribution in [1.29, 1.82) is 0 Å². The number of carbonyl (C=O) groups excluding carboxylic acids is 1. The molecule has 0 aliphatic heterocycles. The predicted octanol–water partition coefficient (Wildman–Crippen LogP) is 3.95. The zero-order chi connectivity index (χ0) is 15.4. The highest BCUT2D eigenvalue weighted by Gasteiger charge is 2.27. The van der Waals surface area contributed by atoms with Crippen LogP contribution in [0.2, 0.25) is 5.02 Å². The van der Waals surface area contributed by atoms with Crippen LogP contribution in [-0.2, 0) is 0 Å². The van der Waals surface area contributed by atoms with Crippen molar-refractivity contribution in [2.24, 2.45) is 5.92 Å². The van der Waals surface area contributed by atoms with E-state index in [1.165, 1.54) is 25.0 Å². The quantitative estimate of drug-likeness (QED) is 0.522. The van der Waals surface area contributed by atoms with Gasteiger partial charge in [-0.25, -0.2) is 0 Å². The van der Waals surface area contributed by atoms with E-state index in [4.69, 9.17) is 11.6 Å². The zero-order valence-electron chi connectivity index (χ0n) is 12.0. The first kappa shape index (κ1) is 15.8. The molecule has 6 heteroatoms. The summed E-state index contributed by atoms with van der Waals surface area (Å²) in [5.74, 6) is -0.0300. The molecule has 1 saturated carbocycles. The highest BCUT2D eigenvalue weighted by atomic mass is 35.5. The van der Waals surface area contributed by atoms with Gasteiger partial charge in [0, 0.05) is 6.04 Å². The molecule has 0 radical (unpaired) electrons. The van der Waals surface area contributed by atoms with Crippen LogP contribution in [0.1, 0.15) is 49.4 Å². The molecular formula is C15H19ClN2O3. The van der Waals surface area contributed by atoms with Crippen LogP contribution in [-0.4, -0.2) is 16.9 Å². The van der Waals surface area contributed by atoms with E-state index in [1.54, 1.807) is 6.07 Å². The summed E-state index contributed by atoms with van der Waals surface area (Å²) >= 11 is 5.84. The molecule has 2 rings (SSSR count). The van der Waals surface area contributed by atoms with Gasteiger partial charge in [-0.2, -0.15) is 0 Å². The van der Waals surface area contributed by atoms with E-state index >= 15 is 0 Å². The van der Waals surface area contributed by atoms with Gasteiger partial charge in [0.05, 0.1) is 4.92 Å². The van der Waals surface area contributed by atoms with Gasteiger partial charge in [-0.05, 0) is 30.9 Å². The first-order valence-corrected chi connectivity index (χ1v) is 7.62. The maximum Gasteiger partial charge on any atom is 0.300 e. The van der Waals surface area contributed by atoms with Crippen LogP contribution in [0.25, 0.3) is 0 Å². The summed E-state index contributed by atoms with van der Waals surface area (Å²) < 4.78 is 0. The van der Waals surface area contributed by atoms with Gasteiger partial charge in [0.15, 0.2) is 0 Å². The average molecular weight is 311 g/mol. The molecule has 1 aromatic carbocycles. The summed E-state index contributed by atoms with van der Waals surface area (Å²) in [6.45, 7) is 2.11. The number of benzene rings is 1. The zero-order valence-corrected chi connectivity index (χ0v) is 12.7. The molecule has 1 aromatic rings. The SMILES string of the molecule is CC1CCCCCC1NC(=O)c1cccc(Cl)c1[N+](=O)[O-]. The first-order chi connectivity index (χ1) is 10.0. The molecule has 1 amide bonds. The third kappa shape index (κ3) is 3.73. The number of nitro benzene ring substituents is 1. The molecule has 5 nitrogen and oxygen atoms in total. The fraction of sp³-hybridized carbons (Fsp3) is 0.533. The van der Waals surface area contributed by atoms with Crippen molar-refractivity contribution in [2.45, 2.75) is 45.1 Å². The third-order valence-corrected chi connectivity index (χ3v) is 4.40. The van der Waals surface area contributed by atoms with Crippen LogP contribution in [0.15, 0.2) is 18.2 Å². The average Bonchev–Trinajstić information content (AvgIpc) is 2.63. The Hall–Kier alpha value is -1.62. The van der Waals surface area contributed by atoms with Crippen molar-refractivity contribution < 1.29 is 9.72 Å². The number of hydrogen-bond donors (Lipinski definition) is 1. The Morgan fingerprint density at radius 3 is 2.76 bits per heavy atom. The second-order valence-corrected chi connectivity index (χ2v) is 6.00. The number of nitro groups is 1. The minimum atomic E-state index is -0.603. The Labute approximate surface area is 128 Å². The lowest BCUT2D eigenvalue weighted by atomic mass is 9.96. The number of rotatable bonds is 3. The lowest BCUT2D eigenvalue weighted by molar-refractivity contribution is -0.385. The molecule has 0 saturated heterocycles. The Morgan fingerprint density at radius 1 is 1.33 bits per heavy atom. The molecule has 1 aliphatic rings. The number of carbonyl (C=O) groups is 1. The molecule has 2 unspecified atom stereocenters. The molecular weight excluding hydrogens is 292 g/mol. The van der Waals surface area contributed by atoms with Gasteiger partial charge in [0.2, 0.25) is 0 Å². The van der Waals surface area contributed by atoms with Gasteiger partial charge in [-0.3, -0.25) is 14.9 Å². The molecule has 114 valence electrons. The number of amides is 1. The summed E-state index contributed by atoms with van der Waals surface area (Å²) in [5, 5.41) is 14.0. The van der Waals surface area contributed by atoms with E-state index in [9.17, 15) is 14.9 Å². The molecule has 2 atom stereocenters. The minimum Gasteiger partial charge on any atom is -0.349 e. The van der Waals surface area contributed by atoms with Crippen molar-refractivity contribution >= 4 is 23.2 Å². The van der Waals surface area contributed by atoms with Crippen LogP contribution in [0.3, 0.4) is 0 Å². The van der Waals surface area contributed by atoms with Gasteiger partial charge in [0.25, 0.3) is 5.91 Å². The molecule has 0 spiro atoms. The highest BCUT2D eigenvalue weighted by molar-refractivity contribution is 6.33. The van der Waals surface area contributed by atoms with Gasteiger partial charge in [-0.1, -0.05) is 43.9 Å². The van der Waals surface area contributed by atoms with E-state index in [1.807, 2.05) is 0 Å². The van der Waals surface area contributed by atoms with Crippen molar-refractivity contribution in [1.82, 2.24) is 5.32 Å². The lowest BCUT2D eigenvalue weighted by Gasteiger charge is -2.22. The Kier molecular flexibility index (Phi) is 5.17. The molecule has 1 aliphatic carbocycles. The van der Waals surface area contributed by atoms with Crippen LogP contribution in [0, 0.1) is 16.0 Å². The summed E-state index contributed by atoms with van der Waals surface area (Å²) in [7, 11) is 0. The maximum atomic E-state index is 12.4. The number of para-hydroxylation sites is 1. The molecule has 0 heterocycles. The van der Waals surface area contributed by atoms with Crippen molar-refractivity contribution in [2.75, 3.05) is 0 Å². The van der Waals surface area contributed by atoms with Gasteiger partial charge in [0.1, 0.15) is 10.6 Å². The van der Waals surface area contributed by atoms with E-state index in [0.717, 1.165) is 19.3 Å². The summed E-state index contributed by atoms with van der Waals surface area (Å²) in [6.07, 6.45) is 5.41. The molecule has 21 heavy (non-hydrogen) atoms. The second kappa shape index (κ2) is 6.89. The fourth-order valence-electron chi connectivity index (χ4n) is 2.84. The maximum absolute atomic E-state index is 12.4. The lowest BCUT2D eigenvalue weighted by Crippen LogP contribution is -2.39. The van der Waals surface area contributed by atoms with Crippen LogP contribution < -0.4 is 5.32 Å². The topological polar surface area (TPSA) is 72.2 Å². The van der Waals surface area contributed by atoms with E-state index < -0.39 is 10.8 Å². The van der Waals surface area contributed by atoms with Crippen molar-refractivity contribution in [3.05, 3.63) is 38.9 Å². The summed E-state index contributed by atoms with van der Waals surface area (Å²) in [5.41, 5.74) is -0.290. The van der Waals surface area contributed by atoms with Crippen molar-refractivity contribution in [3.63, 3.8) is 0 Å². The first-order valence-electron chi connectivity index (χ1n) is 7.24. The molecule has 0 bridgehead atoms.